The van der Waals surface area contributed by atoms with Crippen molar-refractivity contribution in [3.63, 3.8) is 0 Å². The van der Waals surface area contributed by atoms with Gasteiger partial charge >= 0.3 is 5.97 Å². The quantitative estimate of drug-likeness (QED) is 0.779. The summed E-state index contributed by atoms with van der Waals surface area (Å²) >= 11 is 0. The van der Waals surface area contributed by atoms with Crippen LogP contribution < -0.4 is 10.1 Å². The maximum atomic E-state index is 13.0. The molecular weight excluding hydrogens is 360 g/mol. The van der Waals surface area contributed by atoms with Crippen LogP contribution in [0.2, 0.25) is 0 Å². The standard InChI is InChI=1S/C21H28N2O5/c1-13(2)17(22-18(24)14-4-6-15(28-3)7-5-14)19(25)23-10-8-21(9-11-23)12-16(21)20(26)27/h4-7,13,16-17H,8-12H2,1-3H3,(H,22,24)(H,26,27). The molecule has 3 rings (SSSR count). The Kier molecular flexibility index (Phi) is 5.63. The lowest BCUT2D eigenvalue weighted by Gasteiger charge is -2.36. The largest absolute Gasteiger partial charge is 0.497 e. The van der Waals surface area contributed by atoms with E-state index >= 15 is 0 Å². The number of carboxylic acids is 1. The zero-order chi connectivity index (χ0) is 20.5. The first-order valence-electron chi connectivity index (χ1n) is 9.74. The molecule has 28 heavy (non-hydrogen) atoms. The van der Waals surface area contributed by atoms with E-state index in [0.717, 1.165) is 0 Å². The SMILES string of the molecule is COc1ccc(C(=O)NC(C(=O)N2CCC3(CC2)CC3C(=O)O)C(C)C)cc1. The van der Waals surface area contributed by atoms with Crippen molar-refractivity contribution in [2.45, 2.75) is 39.2 Å². The fourth-order valence-electron chi connectivity index (χ4n) is 4.10. The van der Waals surface area contributed by atoms with Crippen LogP contribution in [0.15, 0.2) is 24.3 Å². The number of aliphatic carboxylic acids is 1. The van der Waals surface area contributed by atoms with Gasteiger partial charge in [0, 0.05) is 18.7 Å². The molecule has 1 saturated carbocycles. The van der Waals surface area contributed by atoms with Gasteiger partial charge in [0.1, 0.15) is 11.8 Å². The molecule has 1 aliphatic carbocycles. The van der Waals surface area contributed by atoms with Gasteiger partial charge in [-0.2, -0.15) is 0 Å². The number of carbonyl (C=O) groups is 3. The highest BCUT2D eigenvalue weighted by Gasteiger charge is 2.59. The van der Waals surface area contributed by atoms with Crippen LogP contribution in [0.5, 0.6) is 5.75 Å². The second-order valence-corrected chi connectivity index (χ2v) is 8.21. The van der Waals surface area contributed by atoms with E-state index in [1.165, 1.54) is 0 Å². The lowest BCUT2D eigenvalue weighted by Crippen LogP contribution is -2.53. The lowest BCUT2D eigenvalue weighted by atomic mass is 9.90. The summed E-state index contributed by atoms with van der Waals surface area (Å²) in [4.78, 5) is 38.6. The number of carbonyl (C=O) groups excluding carboxylic acids is 2. The molecule has 2 aliphatic rings. The normalized spacial score (nSPS) is 21.3. The van der Waals surface area contributed by atoms with E-state index in [-0.39, 0.29) is 29.1 Å². The maximum Gasteiger partial charge on any atom is 0.307 e. The number of ether oxygens (including phenoxy) is 1. The van der Waals surface area contributed by atoms with Crippen molar-refractivity contribution >= 4 is 17.8 Å². The average Bonchev–Trinajstić information content (AvgIpc) is 3.39. The molecule has 0 aromatic heterocycles. The Balaban J connectivity index is 1.61. The summed E-state index contributed by atoms with van der Waals surface area (Å²) in [5.74, 6) is -0.782. The van der Waals surface area contributed by atoms with Crippen molar-refractivity contribution in [2.75, 3.05) is 20.2 Å². The van der Waals surface area contributed by atoms with Crippen LogP contribution >= 0.6 is 0 Å². The molecule has 7 nitrogen and oxygen atoms in total. The number of benzene rings is 1. The number of methoxy groups -OCH3 is 1. The molecule has 1 aliphatic heterocycles. The minimum atomic E-state index is -0.730. The van der Waals surface area contributed by atoms with Crippen LogP contribution in [-0.2, 0) is 9.59 Å². The highest BCUT2D eigenvalue weighted by atomic mass is 16.5. The topological polar surface area (TPSA) is 95.9 Å². The number of hydrogen-bond donors (Lipinski definition) is 2. The number of nitrogens with zero attached hydrogens (tertiary/aromatic N) is 1. The number of likely N-dealkylation sites (tertiary alicyclic amines) is 1. The van der Waals surface area contributed by atoms with Crippen molar-refractivity contribution in [3.8, 4) is 5.75 Å². The minimum absolute atomic E-state index is 0.0571. The fraction of sp³-hybridized carbons (Fsp3) is 0.571. The van der Waals surface area contributed by atoms with E-state index in [1.807, 2.05) is 13.8 Å². The van der Waals surface area contributed by atoms with Crippen molar-refractivity contribution < 1.29 is 24.2 Å². The van der Waals surface area contributed by atoms with Crippen LogP contribution in [0.4, 0.5) is 0 Å². The van der Waals surface area contributed by atoms with Crippen LogP contribution in [0.3, 0.4) is 0 Å². The third kappa shape index (κ3) is 3.98. The predicted octanol–water partition coefficient (Wildman–Crippen LogP) is 2.16. The molecule has 7 heteroatoms. The molecule has 2 fully saturated rings. The van der Waals surface area contributed by atoms with Crippen molar-refractivity contribution in [3.05, 3.63) is 29.8 Å². The number of carboxylic acid groups (broad SMARTS) is 1. The monoisotopic (exact) mass is 388 g/mol. The van der Waals surface area contributed by atoms with E-state index in [9.17, 15) is 19.5 Å². The Morgan fingerprint density at radius 3 is 2.25 bits per heavy atom. The maximum absolute atomic E-state index is 13.0. The molecule has 1 saturated heterocycles. The number of piperidine rings is 1. The third-order valence-electron chi connectivity index (χ3n) is 6.13. The van der Waals surface area contributed by atoms with Gasteiger partial charge in [0.25, 0.3) is 5.91 Å². The van der Waals surface area contributed by atoms with Gasteiger partial charge in [0.15, 0.2) is 0 Å². The summed E-state index contributed by atoms with van der Waals surface area (Å²) in [7, 11) is 1.56. The summed E-state index contributed by atoms with van der Waals surface area (Å²) in [5, 5.41) is 12.1. The zero-order valence-electron chi connectivity index (χ0n) is 16.6. The minimum Gasteiger partial charge on any atom is -0.497 e. The number of rotatable bonds is 6. The van der Waals surface area contributed by atoms with Crippen LogP contribution in [0.25, 0.3) is 0 Å². The molecule has 0 bridgehead atoms. The molecule has 1 spiro atoms. The Morgan fingerprint density at radius 2 is 1.79 bits per heavy atom. The molecular formula is C21H28N2O5. The van der Waals surface area contributed by atoms with E-state index in [2.05, 4.69) is 5.32 Å². The second kappa shape index (κ2) is 7.81. The molecule has 2 unspecified atom stereocenters. The molecule has 2 amide bonds. The van der Waals surface area contributed by atoms with Gasteiger partial charge in [-0.05, 0) is 54.9 Å². The highest BCUT2D eigenvalue weighted by Crippen LogP contribution is 2.59. The Labute approximate surface area is 165 Å². The predicted molar refractivity (Wildman–Crippen MR) is 103 cm³/mol. The van der Waals surface area contributed by atoms with Crippen LogP contribution in [-0.4, -0.2) is 54.0 Å². The molecule has 152 valence electrons. The van der Waals surface area contributed by atoms with E-state index in [4.69, 9.17) is 4.74 Å². The number of hydrogen-bond acceptors (Lipinski definition) is 4. The molecule has 1 aromatic carbocycles. The second-order valence-electron chi connectivity index (χ2n) is 8.21. The van der Waals surface area contributed by atoms with E-state index in [0.29, 0.717) is 43.7 Å². The van der Waals surface area contributed by atoms with Crippen LogP contribution in [0.1, 0.15) is 43.5 Å². The Morgan fingerprint density at radius 1 is 1.18 bits per heavy atom. The number of amides is 2. The summed E-state index contributed by atoms with van der Waals surface area (Å²) in [6.07, 6.45) is 2.14. The molecule has 0 radical (unpaired) electrons. The summed E-state index contributed by atoms with van der Waals surface area (Å²) in [6, 6.07) is 6.14. The average molecular weight is 388 g/mol. The first-order chi connectivity index (χ1) is 13.3. The van der Waals surface area contributed by atoms with Gasteiger partial charge in [-0.1, -0.05) is 13.8 Å². The van der Waals surface area contributed by atoms with Gasteiger partial charge in [-0.3, -0.25) is 14.4 Å². The molecule has 1 heterocycles. The van der Waals surface area contributed by atoms with Crippen molar-refractivity contribution in [1.82, 2.24) is 10.2 Å². The van der Waals surface area contributed by atoms with Gasteiger partial charge in [-0.15, -0.1) is 0 Å². The Bertz CT molecular complexity index is 751. The van der Waals surface area contributed by atoms with Gasteiger partial charge < -0.3 is 20.1 Å². The van der Waals surface area contributed by atoms with Crippen LogP contribution in [0, 0.1) is 17.3 Å². The van der Waals surface area contributed by atoms with Gasteiger partial charge in [0.05, 0.1) is 13.0 Å². The summed E-state index contributed by atoms with van der Waals surface area (Å²) < 4.78 is 5.10. The number of nitrogens with one attached hydrogen (secondary N) is 1. The van der Waals surface area contributed by atoms with Gasteiger partial charge in [-0.25, -0.2) is 0 Å². The molecule has 2 N–H and O–H groups in total. The van der Waals surface area contributed by atoms with Crippen molar-refractivity contribution in [1.29, 1.82) is 0 Å². The van der Waals surface area contributed by atoms with E-state index < -0.39 is 12.0 Å². The summed E-state index contributed by atoms with van der Waals surface area (Å²) in [6.45, 7) is 4.90. The highest BCUT2D eigenvalue weighted by molar-refractivity contribution is 5.97. The smallest absolute Gasteiger partial charge is 0.307 e. The lowest BCUT2D eigenvalue weighted by molar-refractivity contribution is -0.140. The zero-order valence-corrected chi connectivity index (χ0v) is 16.6. The van der Waals surface area contributed by atoms with Gasteiger partial charge in [0.2, 0.25) is 5.91 Å². The third-order valence-corrected chi connectivity index (χ3v) is 6.13. The molecule has 2 atom stereocenters. The Hall–Kier alpha value is -2.57. The first-order valence-corrected chi connectivity index (χ1v) is 9.74. The first kappa shape index (κ1) is 20.2. The fourth-order valence-corrected chi connectivity index (χ4v) is 4.10. The van der Waals surface area contributed by atoms with E-state index in [1.54, 1.807) is 36.3 Å². The van der Waals surface area contributed by atoms with Crippen molar-refractivity contribution in [2.24, 2.45) is 17.3 Å². The molecule has 1 aromatic rings. The summed E-state index contributed by atoms with van der Waals surface area (Å²) in [5.41, 5.74) is 0.349.